The molecule has 0 saturated carbocycles. The van der Waals surface area contributed by atoms with Crippen LogP contribution in [0.2, 0.25) is 0 Å². The number of carbonyl (C=O) groups excluding carboxylic acids is 2. The van der Waals surface area contributed by atoms with E-state index in [4.69, 9.17) is 0 Å². The number of halogens is 1. The number of nitrogens with one attached hydrogen (secondary N) is 1. The van der Waals surface area contributed by atoms with Gasteiger partial charge in [-0.15, -0.1) is 0 Å². The predicted molar refractivity (Wildman–Crippen MR) is 117 cm³/mol. The summed E-state index contributed by atoms with van der Waals surface area (Å²) in [4.78, 5) is 35.0. The number of urea groups is 1. The van der Waals surface area contributed by atoms with Gasteiger partial charge in [-0.25, -0.2) is 13.8 Å². The fourth-order valence-corrected chi connectivity index (χ4v) is 3.92. The molecule has 1 atom stereocenters. The lowest BCUT2D eigenvalue weighted by molar-refractivity contribution is -0.552. The number of fused-ring (bicyclic) bond motifs is 2. The van der Waals surface area contributed by atoms with Gasteiger partial charge >= 0.3 is 12.0 Å². The van der Waals surface area contributed by atoms with Gasteiger partial charge in [0.05, 0.1) is 12.1 Å². The molecule has 0 spiro atoms. The van der Waals surface area contributed by atoms with E-state index in [2.05, 4.69) is 20.2 Å². The zero-order valence-corrected chi connectivity index (χ0v) is 17.7. The summed E-state index contributed by atoms with van der Waals surface area (Å²) in [7, 11) is 2.93. The number of amidine groups is 1. The Morgan fingerprint density at radius 1 is 1.09 bits per heavy atom. The monoisotopic (exact) mass is 448 g/mol. The number of nitrogens with zero attached hydrogens (tertiary/aromatic N) is 6. The predicted octanol–water partition coefficient (Wildman–Crippen LogP) is 2.97. The van der Waals surface area contributed by atoms with Gasteiger partial charge in [0.15, 0.2) is 5.69 Å². The van der Waals surface area contributed by atoms with Crippen LogP contribution in [-0.2, 0) is 11.3 Å². The number of benzene rings is 2. The van der Waals surface area contributed by atoms with E-state index < -0.39 is 18.0 Å². The minimum atomic E-state index is -0.895. The van der Waals surface area contributed by atoms with Crippen LogP contribution in [0.4, 0.5) is 14.9 Å². The number of amides is 3. The summed E-state index contributed by atoms with van der Waals surface area (Å²) in [6, 6.07) is 11.6. The second-order valence-corrected chi connectivity index (χ2v) is 7.73. The van der Waals surface area contributed by atoms with E-state index >= 15 is 0 Å². The van der Waals surface area contributed by atoms with Crippen molar-refractivity contribution < 1.29 is 23.7 Å². The number of H-pyrrole nitrogens is 1. The van der Waals surface area contributed by atoms with Crippen LogP contribution < -0.4 is 0 Å². The number of hydrogen-bond donors (Lipinski definition) is 2. The van der Waals surface area contributed by atoms with Crippen LogP contribution in [0.15, 0.2) is 63.8 Å². The summed E-state index contributed by atoms with van der Waals surface area (Å²) in [5.41, 5.74) is 1.62. The summed E-state index contributed by atoms with van der Waals surface area (Å²) in [6.45, 7) is 0.174. The molecule has 3 aromatic rings. The van der Waals surface area contributed by atoms with Crippen LogP contribution in [0.1, 0.15) is 5.56 Å². The fourth-order valence-electron chi connectivity index (χ4n) is 3.92. The Morgan fingerprint density at radius 3 is 2.58 bits per heavy atom. The van der Waals surface area contributed by atoms with E-state index in [1.54, 1.807) is 28.8 Å². The number of imide groups is 1. The summed E-state index contributed by atoms with van der Waals surface area (Å²) in [6.07, 6.45) is 0. The number of carbonyl (C=O) groups is 2. The minimum absolute atomic E-state index is 0.0901. The molecule has 1 aromatic heterocycles. The number of aliphatic imine (C=N–C) groups is 1. The zero-order valence-electron chi connectivity index (χ0n) is 17.7. The van der Waals surface area contributed by atoms with Crippen LogP contribution >= 0.6 is 0 Å². The van der Waals surface area contributed by atoms with Crippen LogP contribution in [0.5, 0.6) is 5.88 Å². The molecule has 1 saturated heterocycles. The number of aromatic nitrogens is 1. The Hall–Kier alpha value is -4.41. The van der Waals surface area contributed by atoms with Crippen molar-refractivity contribution in [3.05, 3.63) is 59.9 Å². The van der Waals surface area contributed by atoms with Crippen molar-refractivity contribution >= 4 is 40.3 Å². The second-order valence-electron chi connectivity index (χ2n) is 7.73. The summed E-state index contributed by atoms with van der Waals surface area (Å²) >= 11 is 0. The number of hydrogen-bond acceptors (Lipinski definition) is 6. The molecule has 3 heterocycles. The topological polar surface area (TPSA) is 117 Å². The maximum Gasteiger partial charge on any atom is 0.454 e. The Kier molecular flexibility index (Phi) is 4.73. The van der Waals surface area contributed by atoms with Gasteiger partial charge in [-0.2, -0.15) is 0 Å². The molecule has 0 bridgehead atoms. The number of aromatic amines is 1. The molecule has 2 aromatic carbocycles. The third-order valence-electron chi connectivity index (χ3n) is 5.67. The Morgan fingerprint density at radius 2 is 1.82 bits per heavy atom. The lowest BCUT2D eigenvalue weighted by Gasteiger charge is -2.31. The van der Waals surface area contributed by atoms with Crippen LogP contribution in [0.3, 0.4) is 0 Å². The van der Waals surface area contributed by atoms with Crippen molar-refractivity contribution in [1.82, 2.24) is 14.8 Å². The molecule has 2 aliphatic rings. The molecule has 0 radical (unpaired) electrons. The van der Waals surface area contributed by atoms with Gasteiger partial charge in [0, 0.05) is 24.6 Å². The van der Waals surface area contributed by atoms with E-state index in [9.17, 15) is 19.1 Å². The van der Waals surface area contributed by atoms with Crippen molar-refractivity contribution in [3.63, 3.8) is 0 Å². The summed E-state index contributed by atoms with van der Waals surface area (Å²) in [5, 5.41) is 19.4. The molecule has 33 heavy (non-hydrogen) atoms. The Balaban J connectivity index is 1.60. The van der Waals surface area contributed by atoms with Gasteiger partial charge in [0.2, 0.25) is 17.8 Å². The first-order valence-electron chi connectivity index (χ1n) is 10.1. The lowest BCUT2D eigenvalue weighted by atomic mass is 10.1. The molecule has 1 fully saturated rings. The van der Waals surface area contributed by atoms with Gasteiger partial charge < -0.3 is 10.1 Å². The van der Waals surface area contributed by atoms with Gasteiger partial charge in [0.25, 0.3) is 5.91 Å². The SMILES string of the molecule is CN1C(=O)C2C(=NC(N=Nc3c(O)[nH]c4ccccc34)=[N+]2Cc2ccc(F)cc2)N(C)C1=O. The first-order valence-corrected chi connectivity index (χ1v) is 10.1. The molecule has 166 valence electrons. The number of guanidine groups is 1. The number of para-hydroxylation sites is 1. The molecule has 5 rings (SSSR count). The average Bonchev–Trinajstić information content (AvgIpc) is 3.33. The molecule has 3 amide bonds. The van der Waals surface area contributed by atoms with Crippen LogP contribution in [0, 0.1) is 5.82 Å². The smallest absolute Gasteiger partial charge is 0.454 e. The molecule has 2 N–H and O–H groups in total. The van der Waals surface area contributed by atoms with Crippen molar-refractivity contribution in [2.24, 2.45) is 15.2 Å². The molecule has 2 aliphatic heterocycles. The largest absolute Gasteiger partial charge is 0.493 e. The van der Waals surface area contributed by atoms with Crippen molar-refractivity contribution in [2.45, 2.75) is 12.6 Å². The van der Waals surface area contributed by atoms with Crippen molar-refractivity contribution in [2.75, 3.05) is 14.1 Å². The number of likely N-dealkylation sites (N-methyl/N-ethyl adjacent to an activating group) is 2. The number of azo groups is 1. The first-order chi connectivity index (χ1) is 15.8. The third-order valence-corrected chi connectivity index (χ3v) is 5.67. The summed E-state index contributed by atoms with van der Waals surface area (Å²) in [5.74, 6) is -0.680. The van der Waals surface area contributed by atoms with Crippen LogP contribution in [-0.4, -0.2) is 68.3 Å². The molecular weight excluding hydrogens is 429 g/mol. The van der Waals surface area contributed by atoms with E-state index in [1.807, 2.05) is 12.1 Å². The third kappa shape index (κ3) is 3.34. The Bertz CT molecular complexity index is 1390. The molecule has 11 heteroatoms. The summed E-state index contributed by atoms with van der Waals surface area (Å²) < 4.78 is 15.0. The van der Waals surface area contributed by atoms with E-state index in [-0.39, 0.29) is 35.7 Å². The van der Waals surface area contributed by atoms with Crippen LogP contribution in [0.25, 0.3) is 10.9 Å². The highest BCUT2D eigenvalue weighted by atomic mass is 19.1. The van der Waals surface area contributed by atoms with E-state index in [1.165, 1.54) is 31.1 Å². The molecule has 10 nitrogen and oxygen atoms in total. The normalized spacial score (nSPS) is 18.6. The lowest BCUT2D eigenvalue weighted by Crippen LogP contribution is -2.61. The molecule has 0 aliphatic carbocycles. The average molecular weight is 448 g/mol. The van der Waals surface area contributed by atoms with Gasteiger partial charge in [-0.05, 0) is 28.8 Å². The van der Waals surface area contributed by atoms with Gasteiger partial charge in [-0.3, -0.25) is 14.6 Å². The quantitative estimate of drug-likeness (QED) is 0.474. The van der Waals surface area contributed by atoms with Crippen molar-refractivity contribution in [1.29, 1.82) is 0 Å². The van der Waals surface area contributed by atoms with Crippen molar-refractivity contribution in [3.8, 4) is 5.88 Å². The first kappa shape index (κ1) is 20.5. The highest BCUT2D eigenvalue weighted by Gasteiger charge is 2.51. The highest BCUT2D eigenvalue weighted by molar-refractivity contribution is 6.22. The number of aromatic hydroxyl groups is 1. The second kappa shape index (κ2) is 7.62. The Labute approximate surface area is 187 Å². The highest BCUT2D eigenvalue weighted by Crippen LogP contribution is 2.35. The van der Waals surface area contributed by atoms with E-state index in [0.717, 1.165) is 4.90 Å². The minimum Gasteiger partial charge on any atom is -0.493 e. The van der Waals surface area contributed by atoms with Gasteiger partial charge in [0.1, 0.15) is 5.82 Å². The van der Waals surface area contributed by atoms with Gasteiger partial charge in [-0.1, -0.05) is 35.4 Å². The zero-order chi connectivity index (χ0) is 23.3. The van der Waals surface area contributed by atoms with E-state index in [0.29, 0.717) is 16.5 Å². The molecular formula is C22H19FN7O3+. The maximum absolute atomic E-state index is 13.4. The maximum atomic E-state index is 13.4. The number of rotatable bonds is 3. The molecule has 1 unspecified atom stereocenters. The standard InChI is InChI=1S/C22H18FN7O3/c1-28-18-17(20(32)29(2)22(28)33)30(11-12-7-9-13(23)10-8-12)21(25-18)27-26-16-14-5-3-4-6-15(14)24-19(16)31/h3-10,17H,11H2,1-2H3,(H,24,26,31)/p+1. The fraction of sp³-hybridized carbons (Fsp3) is 0.182.